The van der Waals surface area contributed by atoms with Crippen LogP contribution >= 0.6 is 0 Å². The van der Waals surface area contributed by atoms with Crippen LogP contribution in [0.1, 0.15) is 426 Å². The molecule has 0 radical (unpaired) electrons. The van der Waals surface area contributed by atoms with Crippen molar-refractivity contribution in [2.75, 3.05) is 13.1 Å². The van der Waals surface area contributed by atoms with Gasteiger partial charge < -0.3 is 4.90 Å². The van der Waals surface area contributed by atoms with E-state index in [0.717, 1.165) is 6.04 Å². The number of rotatable bonds is 67. The van der Waals surface area contributed by atoms with Crippen molar-refractivity contribution in [2.45, 2.75) is 432 Å². The standard InChI is InChI=1S/C73H145N/c1-5-9-13-17-21-25-29-33-37-41-45-49-53-57-61-65-69-73(70-66-62-58-54-50-46-42-38-34-30-26-22-18-14-10-6-2)74(71-67-63-59-55-51-47-43-39-35-31-27-23-19-15-11-7-3)72-68-64-60-56-52-48-44-40-36-32-28-24-20-16-12-8-4/h35-36,39-40,73H,5-34,37-38,41-72H2,1-4H3/b39-35-,40-36-. The lowest BCUT2D eigenvalue weighted by atomic mass is 9.97. The van der Waals surface area contributed by atoms with Crippen molar-refractivity contribution >= 4 is 0 Å². The zero-order valence-electron chi connectivity index (χ0n) is 52.6. The van der Waals surface area contributed by atoms with Crippen molar-refractivity contribution in [1.82, 2.24) is 4.90 Å². The molecule has 0 aliphatic heterocycles. The van der Waals surface area contributed by atoms with Crippen molar-refractivity contribution in [2.24, 2.45) is 0 Å². The third kappa shape index (κ3) is 62.3. The highest BCUT2D eigenvalue weighted by molar-refractivity contribution is 4.82. The van der Waals surface area contributed by atoms with E-state index >= 15 is 0 Å². The fraction of sp³-hybridized carbons (Fsp3) is 0.945. The molecule has 0 atom stereocenters. The molecule has 1 heteroatoms. The molecule has 74 heavy (non-hydrogen) atoms. The second-order valence-electron chi connectivity index (χ2n) is 24.7. The SMILES string of the molecule is CCCCCCCC/C=C\CCCCCCCCN(CCCCCCCC/C=C\CCCCCCCC)C(CCCCCCCCCCCCCCCCCC)CCCCCCCCCCCCCCCCCC. The molecule has 0 fully saturated rings. The molecule has 0 aliphatic carbocycles. The molecule has 0 heterocycles. The van der Waals surface area contributed by atoms with Crippen LogP contribution in [0.3, 0.4) is 0 Å². The Morgan fingerprint density at radius 2 is 0.351 bits per heavy atom. The smallest absolute Gasteiger partial charge is 0.00952 e. The Morgan fingerprint density at radius 1 is 0.189 bits per heavy atom. The number of hydrogen-bond acceptors (Lipinski definition) is 1. The molecule has 0 N–H and O–H groups in total. The van der Waals surface area contributed by atoms with E-state index in [1.165, 1.54) is 411 Å². The van der Waals surface area contributed by atoms with Gasteiger partial charge in [-0.25, -0.2) is 0 Å². The number of nitrogens with zero attached hydrogens (tertiary/aromatic N) is 1. The first kappa shape index (κ1) is 73.4. The van der Waals surface area contributed by atoms with Crippen molar-refractivity contribution in [1.29, 1.82) is 0 Å². The molecule has 0 aliphatic rings. The van der Waals surface area contributed by atoms with Crippen molar-refractivity contribution < 1.29 is 0 Å². The fourth-order valence-electron chi connectivity index (χ4n) is 12.0. The van der Waals surface area contributed by atoms with Crippen LogP contribution in [-0.4, -0.2) is 24.0 Å². The fourth-order valence-corrected chi connectivity index (χ4v) is 12.0. The third-order valence-electron chi connectivity index (χ3n) is 17.2. The molecule has 0 saturated heterocycles. The van der Waals surface area contributed by atoms with Crippen molar-refractivity contribution in [3.63, 3.8) is 0 Å². The van der Waals surface area contributed by atoms with Gasteiger partial charge in [-0.15, -0.1) is 0 Å². The largest absolute Gasteiger partial charge is 0.300 e. The van der Waals surface area contributed by atoms with Gasteiger partial charge in [0.1, 0.15) is 0 Å². The van der Waals surface area contributed by atoms with Crippen molar-refractivity contribution in [3.05, 3.63) is 24.3 Å². The van der Waals surface area contributed by atoms with Gasteiger partial charge >= 0.3 is 0 Å². The van der Waals surface area contributed by atoms with E-state index in [4.69, 9.17) is 0 Å². The zero-order chi connectivity index (χ0) is 53.2. The second-order valence-corrected chi connectivity index (χ2v) is 24.7. The van der Waals surface area contributed by atoms with Crippen LogP contribution in [0, 0.1) is 0 Å². The minimum Gasteiger partial charge on any atom is -0.300 e. The maximum Gasteiger partial charge on any atom is 0.00952 e. The van der Waals surface area contributed by atoms with Crippen LogP contribution < -0.4 is 0 Å². The summed E-state index contributed by atoms with van der Waals surface area (Å²) in [5.74, 6) is 0. The summed E-state index contributed by atoms with van der Waals surface area (Å²) in [4.78, 5) is 3.08. The molecule has 0 aromatic heterocycles. The summed E-state index contributed by atoms with van der Waals surface area (Å²) >= 11 is 0. The average molecular weight is 1040 g/mol. The summed E-state index contributed by atoms with van der Waals surface area (Å²) in [5.41, 5.74) is 0. The third-order valence-corrected chi connectivity index (χ3v) is 17.2. The van der Waals surface area contributed by atoms with Gasteiger partial charge in [0.15, 0.2) is 0 Å². The van der Waals surface area contributed by atoms with Gasteiger partial charge in [-0.3, -0.25) is 0 Å². The van der Waals surface area contributed by atoms with E-state index in [9.17, 15) is 0 Å². The van der Waals surface area contributed by atoms with Crippen LogP contribution in [0.2, 0.25) is 0 Å². The van der Waals surface area contributed by atoms with Gasteiger partial charge in [-0.05, 0) is 90.1 Å². The lowest BCUT2D eigenvalue weighted by molar-refractivity contribution is 0.163. The number of unbranched alkanes of at least 4 members (excludes halogenated alkanes) is 54. The molecule has 0 amide bonds. The number of allylic oxidation sites excluding steroid dienone is 4. The molecule has 1 nitrogen and oxygen atoms in total. The molecule has 0 saturated carbocycles. The first-order chi connectivity index (χ1) is 36.8. The summed E-state index contributed by atoms with van der Waals surface area (Å²) < 4.78 is 0. The Hall–Kier alpha value is -0.560. The summed E-state index contributed by atoms with van der Waals surface area (Å²) in [6, 6.07) is 0.833. The lowest BCUT2D eigenvalue weighted by Crippen LogP contribution is -2.37. The summed E-state index contributed by atoms with van der Waals surface area (Å²) in [6.07, 6.45) is 99.4. The van der Waals surface area contributed by atoms with Gasteiger partial charge in [0.05, 0.1) is 0 Å². The van der Waals surface area contributed by atoms with Crippen LogP contribution in [0.5, 0.6) is 0 Å². The highest BCUT2D eigenvalue weighted by Crippen LogP contribution is 2.23. The maximum atomic E-state index is 3.08. The topological polar surface area (TPSA) is 3.24 Å². The molecule has 0 aromatic rings. The minimum atomic E-state index is 0.833. The summed E-state index contributed by atoms with van der Waals surface area (Å²) in [7, 11) is 0. The predicted octanol–water partition coefficient (Wildman–Crippen LogP) is 27.0. The molecule has 0 rings (SSSR count). The maximum absolute atomic E-state index is 3.08. The van der Waals surface area contributed by atoms with Crippen molar-refractivity contribution in [3.8, 4) is 0 Å². The first-order valence-electron chi connectivity index (χ1n) is 35.8. The monoisotopic (exact) mass is 1040 g/mol. The Balaban J connectivity index is 4.98. The quantitative estimate of drug-likeness (QED) is 0.0433. The van der Waals surface area contributed by atoms with Crippen LogP contribution in [-0.2, 0) is 0 Å². The Bertz CT molecular complexity index is 933. The molecule has 442 valence electrons. The van der Waals surface area contributed by atoms with Gasteiger partial charge in [-0.2, -0.15) is 0 Å². The lowest BCUT2D eigenvalue weighted by Gasteiger charge is -2.32. The van der Waals surface area contributed by atoms with E-state index in [1.807, 2.05) is 0 Å². The van der Waals surface area contributed by atoms with E-state index in [1.54, 1.807) is 0 Å². The Kier molecular flexibility index (Phi) is 68.0. The Labute approximate surface area is 471 Å². The average Bonchev–Trinajstić information content (AvgIpc) is 3.41. The summed E-state index contributed by atoms with van der Waals surface area (Å²) in [6.45, 7) is 12.0. The Morgan fingerprint density at radius 3 is 0.554 bits per heavy atom. The van der Waals surface area contributed by atoms with Gasteiger partial charge in [0, 0.05) is 6.04 Å². The zero-order valence-corrected chi connectivity index (χ0v) is 52.6. The highest BCUT2D eigenvalue weighted by Gasteiger charge is 2.18. The van der Waals surface area contributed by atoms with Gasteiger partial charge in [0.25, 0.3) is 0 Å². The molecule has 0 bridgehead atoms. The predicted molar refractivity (Wildman–Crippen MR) is 343 cm³/mol. The number of hydrogen-bond donors (Lipinski definition) is 0. The van der Waals surface area contributed by atoms with E-state index in [0.29, 0.717) is 0 Å². The minimum absolute atomic E-state index is 0.833. The van der Waals surface area contributed by atoms with E-state index in [-0.39, 0.29) is 0 Å². The van der Waals surface area contributed by atoms with Crippen LogP contribution in [0.25, 0.3) is 0 Å². The normalized spacial score (nSPS) is 12.1. The van der Waals surface area contributed by atoms with Gasteiger partial charge in [-0.1, -0.05) is 373 Å². The molecule has 0 unspecified atom stereocenters. The van der Waals surface area contributed by atoms with E-state index < -0.39 is 0 Å². The van der Waals surface area contributed by atoms with E-state index in [2.05, 4.69) is 56.9 Å². The summed E-state index contributed by atoms with van der Waals surface area (Å²) in [5, 5.41) is 0. The first-order valence-corrected chi connectivity index (χ1v) is 35.8. The molecular formula is C73H145N. The van der Waals surface area contributed by atoms with Gasteiger partial charge in [0.2, 0.25) is 0 Å². The highest BCUT2D eigenvalue weighted by atomic mass is 15.1. The molecule has 0 spiro atoms. The molecular weight excluding hydrogens is 891 g/mol. The van der Waals surface area contributed by atoms with Crippen LogP contribution in [0.4, 0.5) is 0 Å². The molecule has 0 aromatic carbocycles. The van der Waals surface area contributed by atoms with Crippen LogP contribution in [0.15, 0.2) is 24.3 Å². The second kappa shape index (κ2) is 68.5.